The Bertz CT molecular complexity index is 691. The van der Waals surface area contributed by atoms with Crippen LogP contribution in [0.4, 0.5) is 0 Å². The second kappa shape index (κ2) is 6.27. The number of aryl methyl sites for hydroxylation is 1. The van der Waals surface area contributed by atoms with Gasteiger partial charge < -0.3 is 4.74 Å². The van der Waals surface area contributed by atoms with Crippen LogP contribution in [-0.2, 0) is 0 Å². The summed E-state index contributed by atoms with van der Waals surface area (Å²) in [6, 6.07) is 12.6. The van der Waals surface area contributed by atoms with Crippen molar-refractivity contribution in [3.05, 3.63) is 64.2 Å². The van der Waals surface area contributed by atoms with Crippen LogP contribution in [-0.4, -0.2) is 12.9 Å². The summed E-state index contributed by atoms with van der Waals surface area (Å²) in [7, 11) is 1.51. The first-order valence-corrected chi connectivity index (χ1v) is 6.44. The first-order chi connectivity index (χ1) is 9.60. The topological polar surface area (TPSA) is 26.3 Å². The maximum atomic E-state index is 12.1. The Morgan fingerprint density at radius 3 is 2.50 bits per heavy atom. The number of benzene rings is 2. The van der Waals surface area contributed by atoms with Crippen molar-refractivity contribution >= 4 is 17.4 Å². The molecular formula is C17H13ClO2. The van der Waals surface area contributed by atoms with Crippen molar-refractivity contribution in [3.63, 3.8) is 0 Å². The normalized spacial score (nSPS) is 9.55. The van der Waals surface area contributed by atoms with Crippen molar-refractivity contribution in [2.75, 3.05) is 7.11 Å². The molecule has 2 nitrogen and oxygen atoms in total. The van der Waals surface area contributed by atoms with Crippen LogP contribution < -0.4 is 4.74 Å². The minimum atomic E-state index is -0.315. The van der Waals surface area contributed by atoms with Crippen molar-refractivity contribution in [2.24, 2.45) is 0 Å². The number of ether oxygens (including phenoxy) is 1. The summed E-state index contributed by atoms with van der Waals surface area (Å²) in [5, 5.41) is 0.478. The molecule has 0 bridgehead atoms. The van der Waals surface area contributed by atoms with Gasteiger partial charge in [-0.25, -0.2) is 0 Å². The standard InChI is InChI=1S/C17H13ClO2/c1-12-3-5-13(6-4-12)7-9-16(19)15-11-14(18)8-10-17(15)20-2/h3-6,8,10-11H,1-2H3. The predicted octanol–water partition coefficient (Wildman–Crippen LogP) is 3.89. The predicted molar refractivity (Wildman–Crippen MR) is 80.4 cm³/mol. The average Bonchev–Trinajstić information content (AvgIpc) is 2.46. The molecule has 0 aliphatic heterocycles. The summed E-state index contributed by atoms with van der Waals surface area (Å²) in [5.74, 6) is 5.61. The first kappa shape index (κ1) is 14.2. The first-order valence-electron chi connectivity index (χ1n) is 6.06. The van der Waals surface area contributed by atoms with Gasteiger partial charge in [0.25, 0.3) is 0 Å². The fourth-order valence-electron chi connectivity index (χ4n) is 1.69. The summed E-state index contributed by atoms with van der Waals surface area (Å²) in [6.45, 7) is 2.00. The number of hydrogen-bond donors (Lipinski definition) is 0. The van der Waals surface area contributed by atoms with E-state index in [1.165, 1.54) is 7.11 Å². The Morgan fingerprint density at radius 1 is 1.15 bits per heavy atom. The highest BCUT2D eigenvalue weighted by molar-refractivity contribution is 6.31. The van der Waals surface area contributed by atoms with Gasteiger partial charge in [0.05, 0.1) is 12.7 Å². The lowest BCUT2D eigenvalue weighted by Gasteiger charge is -2.04. The zero-order valence-corrected chi connectivity index (χ0v) is 12.0. The summed E-state index contributed by atoms with van der Waals surface area (Å²) < 4.78 is 5.14. The summed E-state index contributed by atoms with van der Waals surface area (Å²) in [6.07, 6.45) is 0. The number of methoxy groups -OCH3 is 1. The second-order valence-corrected chi connectivity index (χ2v) is 4.73. The molecule has 2 aromatic carbocycles. The van der Waals surface area contributed by atoms with Crippen LogP contribution in [0.5, 0.6) is 5.75 Å². The highest BCUT2D eigenvalue weighted by Gasteiger charge is 2.10. The highest BCUT2D eigenvalue weighted by Crippen LogP contribution is 2.22. The van der Waals surface area contributed by atoms with Crippen LogP contribution in [0, 0.1) is 18.8 Å². The van der Waals surface area contributed by atoms with Crippen molar-refractivity contribution < 1.29 is 9.53 Å². The fourth-order valence-corrected chi connectivity index (χ4v) is 1.86. The Morgan fingerprint density at radius 2 is 1.85 bits per heavy atom. The van der Waals surface area contributed by atoms with E-state index in [0.29, 0.717) is 16.3 Å². The number of halogens is 1. The summed E-state index contributed by atoms with van der Waals surface area (Å²) >= 11 is 5.90. The molecule has 0 aliphatic carbocycles. The molecule has 0 fully saturated rings. The zero-order valence-electron chi connectivity index (χ0n) is 11.2. The third kappa shape index (κ3) is 3.40. The van der Waals surface area contributed by atoms with Crippen LogP contribution in [0.3, 0.4) is 0 Å². The van der Waals surface area contributed by atoms with Gasteiger partial charge in [-0.05, 0) is 43.2 Å². The van der Waals surface area contributed by atoms with Crippen LogP contribution in [0.1, 0.15) is 21.5 Å². The second-order valence-electron chi connectivity index (χ2n) is 4.29. The number of ketones is 1. The molecule has 0 heterocycles. The molecule has 0 unspecified atom stereocenters. The number of Topliss-reactive ketones (excluding diaryl/α,β-unsaturated/α-hetero) is 1. The van der Waals surface area contributed by atoms with Crippen molar-refractivity contribution in [2.45, 2.75) is 6.92 Å². The van der Waals surface area contributed by atoms with Gasteiger partial charge in [0.15, 0.2) is 0 Å². The lowest BCUT2D eigenvalue weighted by Crippen LogP contribution is -1.99. The minimum absolute atomic E-state index is 0.315. The Balaban J connectivity index is 2.29. The average molecular weight is 285 g/mol. The van der Waals surface area contributed by atoms with E-state index < -0.39 is 0 Å². The lowest BCUT2D eigenvalue weighted by molar-refractivity contribution is 0.105. The van der Waals surface area contributed by atoms with Gasteiger partial charge in [0.1, 0.15) is 5.75 Å². The molecular weight excluding hydrogens is 272 g/mol. The van der Waals surface area contributed by atoms with Gasteiger partial charge in [0.2, 0.25) is 5.78 Å². The van der Waals surface area contributed by atoms with E-state index in [-0.39, 0.29) is 5.78 Å². The fraction of sp³-hybridized carbons (Fsp3) is 0.118. The van der Waals surface area contributed by atoms with E-state index >= 15 is 0 Å². The van der Waals surface area contributed by atoms with Gasteiger partial charge in [-0.3, -0.25) is 4.79 Å². The number of rotatable bonds is 2. The molecule has 20 heavy (non-hydrogen) atoms. The summed E-state index contributed by atoms with van der Waals surface area (Å²) in [4.78, 5) is 12.1. The van der Waals surface area contributed by atoms with E-state index in [9.17, 15) is 4.79 Å². The largest absolute Gasteiger partial charge is 0.496 e. The van der Waals surface area contributed by atoms with Crippen LogP contribution in [0.2, 0.25) is 5.02 Å². The van der Waals surface area contributed by atoms with E-state index in [1.807, 2.05) is 31.2 Å². The maximum Gasteiger partial charge on any atom is 0.240 e. The summed E-state index contributed by atoms with van der Waals surface area (Å²) in [5.41, 5.74) is 2.32. The molecule has 0 atom stereocenters. The number of carbonyl (C=O) groups excluding carboxylic acids is 1. The monoisotopic (exact) mass is 284 g/mol. The van der Waals surface area contributed by atoms with Crippen LogP contribution in [0.25, 0.3) is 0 Å². The quantitative estimate of drug-likeness (QED) is 0.618. The van der Waals surface area contributed by atoms with Crippen molar-refractivity contribution in [1.29, 1.82) is 0 Å². The molecule has 0 amide bonds. The molecule has 100 valence electrons. The van der Waals surface area contributed by atoms with E-state index in [0.717, 1.165) is 11.1 Å². The molecule has 2 aromatic rings. The van der Waals surface area contributed by atoms with Crippen LogP contribution >= 0.6 is 11.6 Å². The van der Waals surface area contributed by atoms with E-state index in [4.69, 9.17) is 16.3 Å². The lowest BCUT2D eigenvalue weighted by atomic mass is 10.1. The highest BCUT2D eigenvalue weighted by atomic mass is 35.5. The Labute approximate surface area is 123 Å². The third-order valence-electron chi connectivity index (χ3n) is 2.78. The van der Waals surface area contributed by atoms with E-state index in [2.05, 4.69) is 11.8 Å². The molecule has 3 heteroatoms. The number of carbonyl (C=O) groups is 1. The molecule has 0 spiro atoms. The molecule has 0 saturated carbocycles. The molecule has 0 aliphatic rings. The third-order valence-corrected chi connectivity index (χ3v) is 3.01. The molecule has 0 radical (unpaired) electrons. The molecule has 2 rings (SSSR count). The van der Waals surface area contributed by atoms with Gasteiger partial charge >= 0.3 is 0 Å². The van der Waals surface area contributed by atoms with Crippen molar-refractivity contribution in [1.82, 2.24) is 0 Å². The van der Waals surface area contributed by atoms with E-state index in [1.54, 1.807) is 18.2 Å². The van der Waals surface area contributed by atoms with Crippen LogP contribution in [0.15, 0.2) is 42.5 Å². The van der Waals surface area contributed by atoms with Gasteiger partial charge in [-0.15, -0.1) is 0 Å². The van der Waals surface area contributed by atoms with Gasteiger partial charge in [-0.1, -0.05) is 35.2 Å². The smallest absolute Gasteiger partial charge is 0.240 e. The zero-order chi connectivity index (χ0) is 14.5. The number of hydrogen-bond acceptors (Lipinski definition) is 2. The maximum absolute atomic E-state index is 12.1. The molecule has 0 N–H and O–H groups in total. The van der Waals surface area contributed by atoms with Gasteiger partial charge in [0, 0.05) is 10.6 Å². The van der Waals surface area contributed by atoms with Crippen molar-refractivity contribution in [3.8, 4) is 17.6 Å². The molecule has 0 aromatic heterocycles. The molecule has 0 saturated heterocycles. The Kier molecular flexibility index (Phi) is 4.45. The SMILES string of the molecule is COc1ccc(Cl)cc1C(=O)C#Cc1ccc(C)cc1. The van der Waals surface area contributed by atoms with Gasteiger partial charge in [-0.2, -0.15) is 0 Å². The Hall–Kier alpha value is -2.24. The minimum Gasteiger partial charge on any atom is -0.496 e.